The average Bonchev–Trinajstić information content (AvgIpc) is 2.98. The van der Waals surface area contributed by atoms with Gasteiger partial charge in [-0.05, 0) is 45.2 Å². The fourth-order valence-corrected chi connectivity index (χ4v) is 3.83. The van der Waals surface area contributed by atoms with E-state index in [0.717, 1.165) is 5.56 Å². The van der Waals surface area contributed by atoms with Crippen LogP contribution in [0.25, 0.3) is 0 Å². The standard InChI is InChI=1S/C25H32N2O4/c1-7-16-27(21(28)15-14-20-12-10-9-11-13-20)19(5)24(29)22-17(3)23(25(30)31-8-2)26(6)18(22)4/h7,9-13,19H,1,8,14-16H2,2-6H3/t19-/m1/s1. The van der Waals surface area contributed by atoms with Crippen LogP contribution in [-0.2, 0) is 23.0 Å². The van der Waals surface area contributed by atoms with Gasteiger partial charge in [0.25, 0.3) is 0 Å². The van der Waals surface area contributed by atoms with E-state index in [4.69, 9.17) is 4.74 Å². The molecule has 0 aliphatic heterocycles. The summed E-state index contributed by atoms with van der Waals surface area (Å²) in [7, 11) is 1.74. The Morgan fingerprint density at radius 1 is 1.19 bits per heavy atom. The van der Waals surface area contributed by atoms with Gasteiger partial charge in [-0.15, -0.1) is 6.58 Å². The molecule has 0 unspecified atom stereocenters. The molecule has 6 heteroatoms. The molecule has 0 bridgehead atoms. The van der Waals surface area contributed by atoms with Crippen molar-refractivity contribution in [1.82, 2.24) is 9.47 Å². The van der Waals surface area contributed by atoms with Crippen LogP contribution in [-0.4, -0.2) is 46.3 Å². The molecule has 1 aromatic carbocycles. The van der Waals surface area contributed by atoms with Crippen LogP contribution in [0.15, 0.2) is 43.0 Å². The quantitative estimate of drug-likeness (QED) is 0.328. The Labute approximate surface area is 184 Å². The molecule has 1 amide bonds. The molecule has 0 spiro atoms. The fourth-order valence-electron chi connectivity index (χ4n) is 3.83. The maximum absolute atomic E-state index is 13.4. The Morgan fingerprint density at radius 2 is 1.84 bits per heavy atom. The highest BCUT2D eigenvalue weighted by Crippen LogP contribution is 2.25. The van der Waals surface area contributed by atoms with Gasteiger partial charge in [-0.2, -0.15) is 0 Å². The molecule has 6 nitrogen and oxygen atoms in total. The summed E-state index contributed by atoms with van der Waals surface area (Å²) in [5, 5.41) is 0. The number of amides is 1. The molecule has 31 heavy (non-hydrogen) atoms. The third-order valence-corrected chi connectivity index (χ3v) is 5.61. The van der Waals surface area contributed by atoms with Crippen LogP contribution in [0.2, 0.25) is 0 Å². The van der Waals surface area contributed by atoms with Crippen molar-refractivity contribution in [2.24, 2.45) is 7.05 Å². The number of benzene rings is 1. The zero-order chi connectivity index (χ0) is 23.1. The Hall–Kier alpha value is -3.15. The molecule has 0 saturated carbocycles. The van der Waals surface area contributed by atoms with Crippen LogP contribution < -0.4 is 0 Å². The monoisotopic (exact) mass is 424 g/mol. The van der Waals surface area contributed by atoms with E-state index in [0.29, 0.717) is 35.4 Å². The smallest absolute Gasteiger partial charge is 0.355 e. The van der Waals surface area contributed by atoms with E-state index in [9.17, 15) is 14.4 Å². The van der Waals surface area contributed by atoms with Crippen molar-refractivity contribution in [3.05, 3.63) is 71.1 Å². The zero-order valence-corrected chi connectivity index (χ0v) is 19.1. The van der Waals surface area contributed by atoms with Gasteiger partial charge >= 0.3 is 5.97 Å². The number of Topliss-reactive ketones (excluding diaryl/α,β-unsaturated/α-hetero) is 1. The second kappa shape index (κ2) is 10.8. The van der Waals surface area contributed by atoms with E-state index in [1.54, 1.807) is 50.3 Å². The van der Waals surface area contributed by atoms with Crippen LogP contribution in [0.5, 0.6) is 0 Å². The molecule has 2 aromatic rings. The molecule has 0 aliphatic rings. The van der Waals surface area contributed by atoms with Crippen molar-refractivity contribution >= 4 is 17.7 Å². The number of aromatic nitrogens is 1. The van der Waals surface area contributed by atoms with Crippen molar-refractivity contribution in [2.45, 2.75) is 46.6 Å². The summed E-state index contributed by atoms with van der Waals surface area (Å²) in [6.45, 7) is 11.3. The minimum absolute atomic E-state index is 0.110. The summed E-state index contributed by atoms with van der Waals surface area (Å²) >= 11 is 0. The van der Waals surface area contributed by atoms with Crippen LogP contribution >= 0.6 is 0 Å². The molecular weight excluding hydrogens is 392 g/mol. The van der Waals surface area contributed by atoms with Crippen LogP contribution in [0, 0.1) is 13.8 Å². The van der Waals surface area contributed by atoms with E-state index in [-0.39, 0.29) is 24.8 Å². The van der Waals surface area contributed by atoms with Crippen molar-refractivity contribution < 1.29 is 19.1 Å². The van der Waals surface area contributed by atoms with Gasteiger partial charge in [0.05, 0.1) is 12.6 Å². The first-order chi connectivity index (χ1) is 14.7. The Bertz CT molecular complexity index is 960. The Balaban J connectivity index is 2.27. The lowest BCUT2D eigenvalue weighted by molar-refractivity contribution is -0.131. The van der Waals surface area contributed by atoms with E-state index in [2.05, 4.69) is 6.58 Å². The predicted molar refractivity (Wildman–Crippen MR) is 121 cm³/mol. The zero-order valence-electron chi connectivity index (χ0n) is 19.1. The SMILES string of the molecule is C=CCN(C(=O)CCc1ccccc1)[C@H](C)C(=O)c1c(C)c(C(=O)OCC)n(C)c1C. The molecule has 0 aliphatic carbocycles. The molecule has 1 aromatic heterocycles. The third kappa shape index (κ3) is 5.32. The van der Waals surface area contributed by atoms with Crippen molar-refractivity contribution in [3.8, 4) is 0 Å². The first-order valence-corrected chi connectivity index (χ1v) is 10.6. The molecular formula is C25H32N2O4. The van der Waals surface area contributed by atoms with Gasteiger partial charge < -0.3 is 14.2 Å². The summed E-state index contributed by atoms with van der Waals surface area (Å²) in [6.07, 6.45) is 2.53. The van der Waals surface area contributed by atoms with E-state index in [1.165, 1.54) is 0 Å². The largest absolute Gasteiger partial charge is 0.461 e. The first-order valence-electron chi connectivity index (χ1n) is 10.6. The van der Waals surface area contributed by atoms with Gasteiger partial charge in [0, 0.05) is 31.3 Å². The van der Waals surface area contributed by atoms with Crippen molar-refractivity contribution in [2.75, 3.05) is 13.2 Å². The number of hydrogen-bond acceptors (Lipinski definition) is 4. The van der Waals surface area contributed by atoms with Crippen molar-refractivity contribution in [3.63, 3.8) is 0 Å². The molecule has 1 heterocycles. The maximum atomic E-state index is 13.4. The normalized spacial score (nSPS) is 11.6. The molecule has 1 atom stereocenters. The van der Waals surface area contributed by atoms with E-state index in [1.807, 2.05) is 30.3 Å². The lowest BCUT2D eigenvalue weighted by Gasteiger charge is -2.27. The van der Waals surface area contributed by atoms with Gasteiger partial charge in [-0.25, -0.2) is 4.79 Å². The van der Waals surface area contributed by atoms with Gasteiger partial charge in [-0.1, -0.05) is 36.4 Å². The fraction of sp³-hybridized carbons (Fsp3) is 0.400. The minimum atomic E-state index is -0.684. The molecule has 166 valence electrons. The minimum Gasteiger partial charge on any atom is -0.461 e. The topological polar surface area (TPSA) is 68.6 Å². The molecule has 0 radical (unpaired) electrons. The second-order valence-corrected chi connectivity index (χ2v) is 7.57. The molecule has 0 N–H and O–H groups in total. The Kier molecular flexibility index (Phi) is 8.37. The number of hydrogen-bond donors (Lipinski definition) is 0. The van der Waals surface area contributed by atoms with Crippen molar-refractivity contribution in [1.29, 1.82) is 0 Å². The van der Waals surface area contributed by atoms with E-state index >= 15 is 0 Å². The number of carbonyl (C=O) groups excluding carboxylic acids is 3. The number of ketones is 1. The number of ether oxygens (including phenoxy) is 1. The van der Waals surface area contributed by atoms with Crippen LogP contribution in [0.1, 0.15) is 57.9 Å². The Morgan fingerprint density at radius 3 is 2.42 bits per heavy atom. The molecule has 2 rings (SSSR count). The molecule has 0 saturated heterocycles. The summed E-state index contributed by atoms with van der Waals surface area (Å²) < 4.78 is 6.83. The van der Waals surface area contributed by atoms with E-state index < -0.39 is 12.0 Å². The van der Waals surface area contributed by atoms with Gasteiger partial charge in [0.2, 0.25) is 5.91 Å². The highest BCUT2D eigenvalue weighted by atomic mass is 16.5. The van der Waals surface area contributed by atoms with Crippen LogP contribution in [0.4, 0.5) is 0 Å². The number of aryl methyl sites for hydroxylation is 1. The number of rotatable bonds is 10. The second-order valence-electron chi connectivity index (χ2n) is 7.57. The lowest BCUT2D eigenvalue weighted by atomic mass is 9.99. The highest BCUT2D eigenvalue weighted by Gasteiger charge is 2.31. The van der Waals surface area contributed by atoms with Crippen LogP contribution in [0.3, 0.4) is 0 Å². The maximum Gasteiger partial charge on any atom is 0.355 e. The molecule has 0 fully saturated rings. The third-order valence-electron chi connectivity index (χ3n) is 5.61. The van der Waals surface area contributed by atoms with Gasteiger partial charge in [0.15, 0.2) is 5.78 Å². The summed E-state index contributed by atoms with van der Waals surface area (Å²) in [5.41, 5.74) is 3.14. The predicted octanol–water partition coefficient (Wildman–Crippen LogP) is 4.04. The summed E-state index contributed by atoms with van der Waals surface area (Å²) in [6, 6.07) is 9.09. The highest BCUT2D eigenvalue weighted by molar-refractivity contribution is 6.06. The average molecular weight is 425 g/mol. The number of nitrogens with zero attached hydrogens (tertiary/aromatic N) is 2. The summed E-state index contributed by atoms with van der Waals surface area (Å²) in [4.78, 5) is 40.3. The first kappa shape index (κ1) is 24.1. The van der Waals surface area contributed by atoms with Gasteiger partial charge in [-0.3, -0.25) is 9.59 Å². The van der Waals surface area contributed by atoms with Gasteiger partial charge in [0.1, 0.15) is 5.69 Å². The number of carbonyl (C=O) groups is 3. The summed E-state index contributed by atoms with van der Waals surface area (Å²) in [5.74, 6) is -0.767. The lowest BCUT2D eigenvalue weighted by Crippen LogP contribution is -2.43. The number of esters is 1.